The van der Waals surface area contributed by atoms with Crippen LogP contribution in [0.3, 0.4) is 0 Å². The van der Waals surface area contributed by atoms with Crippen LogP contribution >= 0.6 is 11.6 Å². The van der Waals surface area contributed by atoms with E-state index in [2.05, 4.69) is 4.90 Å². The van der Waals surface area contributed by atoms with Crippen LogP contribution in [0.5, 0.6) is 0 Å². The summed E-state index contributed by atoms with van der Waals surface area (Å²) < 4.78 is 6.58. The van der Waals surface area contributed by atoms with Crippen molar-refractivity contribution < 1.29 is 9.21 Å². The first kappa shape index (κ1) is 16.7. The summed E-state index contributed by atoms with van der Waals surface area (Å²) in [6, 6.07) is 14.8. The summed E-state index contributed by atoms with van der Waals surface area (Å²) in [5, 5.41) is 0.701. The predicted octanol–water partition coefficient (Wildman–Crippen LogP) is 2.60. The van der Waals surface area contributed by atoms with Gasteiger partial charge in [0.15, 0.2) is 5.58 Å². The van der Waals surface area contributed by atoms with Gasteiger partial charge in [-0.3, -0.25) is 9.36 Å². The molecule has 1 saturated heterocycles. The van der Waals surface area contributed by atoms with E-state index in [0.29, 0.717) is 29.2 Å². The lowest BCUT2D eigenvalue weighted by Gasteiger charge is -2.36. The molecule has 0 radical (unpaired) electrons. The van der Waals surface area contributed by atoms with Crippen LogP contribution in [-0.2, 0) is 11.3 Å². The highest BCUT2D eigenvalue weighted by atomic mass is 35.5. The van der Waals surface area contributed by atoms with Crippen molar-refractivity contribution in [2.24, 2.45) is 0 Å². The number of benzene rings is 2. The molecule has 134 valence electrons. The molecule has 1 aliphatic rings. The number of piperazine rings is 1. The molecule has 6 nitrogen and oxygen atoms in total. The predicted molar refractivity (Wildman–Crippen MR) is 101 cm³/mol. The molecule has 7 heteroatoms. The smallest absolute Gasteiger partial charge is 0.408 e. The fraction of sp³-hybridized carbons (Fsp3) is 0.263. The van der Waals surface area contributed by atoms with Crippen LogP contribution in [0.2, 0.25) is 5.02 Å². The van der Waals surface area contributed by atoms with Crippen LogP contribution < -0.4 is 10.7 Å². The Balaban J connectivity index is 1.44. The molecule has 0 atom stereocenters. The Morgan fingerprint density at radius 3 is 2.58 bits per heavy atom. The number of aromatic nitrogens is 1. The largest absolute Gasteiger partial charge is 0.420 e. The van der Waals surface area contributed by atoms with Crippen molar-refractivity contribution in [1.82, 2.24) is 9.47 Å². The maximum atomic E-state index is 12.6. The molecule has 0 unspecified atom stereocenters. The number of carbonyl (C=O) groups excluding carboxylic acids is 1. The first-order valence-corrected chi connectivity index (χ1v) is 8.86. The molecule has 0 aliphatic carbocycles. The number of oxazole rings is 1. The number of anilines is 1. The molecule has 0 bridgehead atoms. The van der Waals surface area contributed by atoms with Gasteiger partial charge in [-0.15, -0.1) is 0 Å². The Morgan fingerprint density at radius 2 is 1.81 bits per heavy atom. The lowest BCUT2D eigenvalue weighted by molar-refractivity contribution is -0.132. The maximum absolute atomic E-state index is 12.6. The Bertz CT molecular complexity index is 1000. The Hall–Kier alpha value is -2.73. The number of rotatable bonds is 3. The molecule has 26 heavy (non-hydrogen) atoms. The summed E-state index contributed by atoms with van der Waals surface area (Å²) in [7, 11) is 0. The van der Waals surface area contributed by atoms with Crippen LogP contribution in [0.15, 0.2) is 57.7 Å². The van der Waals surface area contributed by atoms with E-state index in [9.17, 15) is 9.59 Å². The standard InChI is InChI=1S/C19H18ClN3O3/c20-14-4-3-5-15(12-14)21-8-10-22(11-9-21)18(24)13-23-16-6-1-2-7-17(16)26-19(23)25/h1-7,12H,8-11,13H2. The van der Waals surface area contributed by atoms with Gasteiger partial charge in [0, 0.05) is 36.9 Å². The highest BCUT2D eigenvalue weighted by molar-refractivity contribution is 6.30. The second-order valence-electron chi connectivity index (χ2n) is 6.27. The van der Waals surface area contributed by atoms with E-state index in [-0.39, 0.29) is 12.5 Å². The lowest BCUT2D eigenvalue weighted by Crippen LogP contribution is -2.50. The van der Waals surface area contributed by atoms with Gasteiger partial charge in [-0.25, -0.2) is 4.79 Å². The summed E-state index contributed by atoms with van der Waals surface area (Å²) in [4.78, 5) is 28.7. The maximum Gasteiger partial charge on any atom is 0.420 e. The van der Waals surface area contributed by atoms with Crippen LogP contribution in [-0.4, -0.2) is 41.6 Å². The number of carbonyl (C=O) groups is 1. The minimum atomic E-state index is -0.503. The molecule has 2 heterocycles. The molecule has 0 N–H and O–H groups in total. The molecule has 1 amide bonds. The topological polar surface area (TPSA) is 58.7 Å². The number of hydrogen-bond donors (Lipinski definition) is 0. The average molecular weight is 372 g/mol. The average Bonchev–Trinajstić information content (AvgIpc) is 2.97. The third kappa shape index (κ3) is 3.20. The van der Waals surface area contributed by atoms with Gasteiger partial charge in [-0.2, -0.15) is 0 Å². The second-order valence-corrected chi connectivity index (χ2v) is 6.71. The van der Waals surface area contributed by atoms with E-state index in [4.69, 9.17) is 16.0 Å². The summed E-state index contributed by atoms with van der Waals surface area (Å²) in [5.74, 6) is -0.582. The zero-order chi connectivity index (χ0) is 18.1. The quantitative estimate of drug-likeness (QED) is 0.710. The number of hydrogen-bond acceptors (Lipinski definition) is 4. The van der Waals surface area contributed by atoms with Crippen molar-refractivity contribution in [2.75, 3.05) is 31.1 Å². The molecule has 1 fully saturated rings. The Morgan fingerprint density at radius 1 is 1.04 bits per heavy atom. The lowest BCUT2D eigenvalue weighted by atomic mass is 10.2. The van der Waals surface area contributed by atoms with Crippen LogP contribution in [0.1, 0.15) is 0 Å². The van der Waals surface area contributed by atoms with E-state index in [1.165, 1.54) is 4.57 Å². The summed E-state index contributed by atoms with van der Waals surface area (Å²) in [6.45, 7) is 2.67. The molecular formula is C19H18ClN3O3. The van der Waals surface area contributed by atoms with Gasteiger partial charge in [0.2, 0.25) is 5.91 Å². The Kier molecular flexibility index (Phi) is 4.42. The van der Waals surface area contributed by atoms with Gasteiger partial charge in [-0.1, -0.05) is 29.8 Å². The molecule has 1 aromatic heterocycles. The second kappa shape index (κ2) is 6.88. The summed E-state index contributed by atoms with van der Waals surface area (Å²) in [6.07, 6.45) is 0. The minimum Gasteiger partial charge on any atom is -0.408 e. The number of para-hydroxylation sites is 2. The van der Waals surface area contributed by atoms with Gasteiger partial charge in [0.05, 0.1) is 5.52 Å². The third-order valence-corrected chi connectivity index (χ3v) is 4.91. The van der Waals surface area contributed by atoms with Gasteiger partial charge >= 0.3 is 5.76 Å². The number of halogens is 1. The normalized spacial score (nSPS) is 14.8. The van der Waals surface area contributed by atoms with Gasteiger partial charge in [0.25, 0.3) is 0 Å². The van der Waals surface area contributed by atoms with Crippen LogP contribution in [0.4, 0.5) is 5.69 Å². The summed E-state index contributed by atoms with van der Waals surface area (Å²) >= 11 is 6.05. The SMILES string of the molecule is O=C(Cn1c(=O)oc2ccccc21)N1CCN(c2cccc(Cl)c2)CC1. The van der Waals surface area contributed by atoms with Gasteiger partial charge in [-0.05, 0) is 30.3 Å². The van der Waals surface area contributed by atoms with E-state index >= 15 is 0 Å². The van der Waals surface area contributed by atoms with Crippen molar-refractivity contribution in [3.63, 3.8) is 0 Å². The molecule has 3 aromatic rings. The van der Waals surface area contributed by atoms with Crippen molar-refractivity contribution in [1.29, 1.82) is 0 Å². The fourth-order valence-electron chi connectivity index (χ4n) is 3.29. The van der Waals surface area contributed by atoms with E-state index in [0.717, 1.165) is 18.8 Å². The van der Waals surface area contributed by atoms with E-state index in [1.807, 2.05) is 30.3 Å². The number of nitrogens with zero attached hydrogens (tertiary/aromatic N) is 3. The number of fused-ring (bicyclic) bond motifs is 1. The van der Waals surface area contributed by atoms with Crippen LogP contribution in [0, 0.1) is 0 Å². The van der Waals surface area contributed by atoms with Crippen molar-refractivity contribution in [3.05, 3.63) is 64.1 Å². The number of amides is 1. The van der Waals surface area contributed by atoms with Crippen LogP contribution in [0.25, 0.3) is 11.1 Å². The van der Waals surface area contributed by atoms with Gasteiger partial charge in [0.1, 0.15) is 6.54 Å². The molecule has 4 rings (SSSR count). The molecule has 0 saturated carbocycles. The van der Waals surface area contributed by atoms with Crippen molar-refractivity contribution in [2.45, 2.75) is 6.54 Å². The third-order valence-electron chi connectivity index (χ3n) is 4.67. The minimum absolute atomic E-state index is 0.00693. The Labute approximate surface area is 155 Å². The highest BCUT2D eigenvalue weighted by Crippen LogP contribution is 2.21. The monoisotopic (exact) mass is 371 g/mol. The van der Waals surface area contributed by atoms with E-state index in [1.54, 1.807) is 23.1 Å². The molecular weight excluding hydrogens is 354 g/mol. The summed E-state index contributed by atoms with van der Waals surface area (Å²) in [5.41, 5.74) is 2.20. The molecule has 2 aromatic carbocycles. The van der Waals surface area contributed by atoms with E-state index < -0.39 is 5.76 Å². The first-order valence-electron chi connectivity index (χ1n) is 8.48. The molecule has 0 spiro atoms. The molecule has 1 aliphatic heterocycles. The first-order chi connectivity index (χ1) is 12.6. The highest BCUT2D eigenvalue weighted by Gasteiger charge is 2.23. The zero-order valence-corrected chi connectivity index (χ0v) is 14.9. The zero-order valence-electron chi connectivity index (χ0n) is 14.1. The van der Waals surface area contributed by atoms with Gasteiger partial charge < -0.3 is 14.2 Å². The van der Waals surface area contributed by atoms with Crippen molar-refractivity contribution >= 4 is 34.3 Å². The van der Waals surface area contributed by atoms with Crippen molar-refractivity contribution in [3.8, 4) is 0 Å². The fourth-order valence-corrected chi connectivity index (χ4v) is 3.47.